The molecule has 1 saturated heterocycles. The number of halogens is 1. The van der Waals surface area contributed by atoms with E-state index in [2.05, 4.69) is 10.6 Å². The molecule has 0 radical (unpaired) electrons. The van der Waals surface area contributed by atoms with E-state index in [1.165, 1.54) is 36.4 Å². The van der Waals surface area contributed by atoms with E-state index in [-0.39, 0.29) is 35.9 Å². The van der Waals surface area contributed by atoms with Crippen LogP contribution in [0, 0.1) is 5.82 Å². The number of rotatable bonds is 3. The van der Waals surface area contributed by atoms with Crippen LogP contribution in [0.2, 0.25) is 0 Å². The van der Waals surface area contributed by atoms with Crippen LogP contribution in [-0.4, -0.2) is 37.6 Å². The van der Waals surface area contributed by atoms with E-state index in [0.29, 0.717) is 11.3 Å². The summed E-state index contributed by atoms with van der Waals surface area (Å²) in [6.07, 6.45) is 0.0932. The van der Waals surface area contributed by atoms with Crippen molar-refractivity contribution in [3.8, 4) is 0 Å². The number of nitrogens with one attached hydrogen (secondary N) is 2. The number of nitrogens with zero attached hydrogens (tertiary/aromatic N) is 1. The third-order valence-electron chi connectivity index (χ3n) is 4.68. The van der Waals surface area contributed by atoms with Gasteiger partial charge >= 0.3 is 0 Å². The first-order chi connectivity index (χ1) is 12.9. The second-order valence-electron chi connectivity index (χ2n) is 6.37. The summed E-state index contributed by atoms with van der Waals surface area (Å²) in [6, 6.07) is 8.65. The maximum Gasteiger partial charge on any atom is 0.244 e. The van der Waals surface area contributed by atoms with E-state index >= 15 is 0 Å². The van der Waals surface area contributed by atoms with E-state index < -0.39 is 27.8 Å². The second-order valence-corrected chi connectivity index (χ2v) is 8.27. The molecule has 9 heteroatoms. The molecule has 0 aromatic heterocycles. The molecule has 1 atom stereocenters. The van der Waals surface area contributed by atoms with Gasteiger partial charge in [0.15, 0.2) is 0 Å². The number of benzene rings is 2. The van der Waals surface area contributed by atoms with Crippen molar-refractivity contribution in [3.63, 3.8) is 0 Å². The van der Waals surface area contributed by atoms with E-state index in [9.17, 15) is 22.4 Å². The van der Waals surface area contributed by atoms with Crippen LogP contribution < -0.4 is 10.6 Å². The van der Waals surface area contributed by atoms with Crippen LogP contribution in [0.15, 0.2) is 47.4 Å². The first-order valence-electron chi connectivity index (χ1n) is 8.35. The molecule has 27 heavy (non-hydrogen) atoms. The van der Waals surface area contributed by atoms with Crippen molar-refractivity contribution >= 4 is 27.5 Å². The Morgan fingerprint density at radius 3 is 2.67 bits per heavy atom. The summed E-state index contributed by atoms with van der Waals surface area (Å²) in [5, 5.41) is 5.24. The van der Waals surface area contributed by atoms with Crippen LogP contribution in [0.1, 0.15) is 17.2 Å². The molecule has 4 rings (SSSR count). The van der Waals surface area contributed by atoms with Crippen molar-refractivity contribution < 1.29 is 22.4 Å². The lowest BCUT2D eigenvalue weighted by Gasteiger charge is -2.34. The molecule has 0 saturated carbocycles. The highest BCUT2D eigenvalue weighted by Gasteiger charge is 2.41. The molecule has 2 amide bonds. The number of carbonyl (C=O) groups excluding carboxylic acids is 2. The van der Waals surface area contributed by atoms with Gasteiger partial charge in [-0.05, 0) is 29.8 Å². The predicted molar refractivity (Wildman–Crippen MR) is 94.8 cm³/mol. The number of amides is 2. The average Bonchev–Trinajstić information content (AvgIpc) is 3.01. The van der Waals surface area contributed by atoms with Crippen LogP contribution in [0.3, 0.4) is 0 Å². The molecule has 2 heterocycles. The maximum atomic E-state index is 14.3. The number of piperazine rings is 1. The smallest absolute Gasteiger partial charge is 0.244 e. The van der Waals surface area contributed by atoms with Gasteiger partial charge in [0.2, 0.25) is 21.8 Å². The molecular weight excluding hydrogens is 373 g/mol. The number of carbonyl (C=O) groups is 2. The van der Waals surface area contributed by atoms with E-state index in [0.717, 1.165) is 4.31 Å². The average molecular weight is 389 g/mol. The van der Waals surface area contributed by atoms with Crippen LogP contribution in [0.25, 0.3) is 0 Å². The van der Waals surface area contributed by atoms with Crippen molar-refractivity contribution in [1.82, 2.24) is 9.62 Å². The molecule has 0 aliphatic carbocycles. The molecule has 2 aromatic rings. The highest BCUT2D eigenvalue weighted by Crippen LogP contribution is 2.33. The number of hydrogen-bond donors (Lipinski definition) is 2. The summed E-state index contributed by atoms with van der Waals surface area (Å²) in [4.78, 5) is 23.9. The fraction of sp³-hybridized carbons (Fsp3) is 0.222. The minimum absolute atomic E-state index is 0.00344. The van der Waals surface area contributed by atoms with Crippen LogP contribution >= 0.6 is 0 Å². The molecule has 140 valence electrons. The monoisotopic (exact) mass is 389 g/mol. The fourth-order valence-corrected chi connectivity index (χ4v) is 5.02. The summed E-state index contributed by atoms with van der Waals surface area (Å²) in [7, 11) is -4.08. The Morgan fingerprint density at radius 2 is 1.89 bits per heavy atom. The molecule has 2 aromatic carbocycles. The molecule has 1 unspecified atom stereocenters. The van der Waals surface area contributed by atoms with E-state index in [1.54, 1.807) is 6.07 Å². The molecule has 2 aliphatic heterocycles. The molecule has 0 spiro atoms. The lowest BCUT2D eigenvalue weighted by atomic mass is 10.0. The zero-order valence-corrected chi connectivity index (χ0v) is 14.9. The Hall–Kier alpha value is -2.78. The zero-order valence-electron chi connectivity index (χ0n) is 14.1. The lowest BCUT2D eigenvalue weighted by molar-refractivity contribution is -0.127. The largest absolute Gasteiger partial charge is 0.353 e. The minimum atomic E-state index is -4.08. The first kappa shape index (κ1) is 17.6. The topological polar surface area (TPSA) is 95.6 Å². The minimum Gasteiger partial charge on any atom is -0.353 e. The Balaban J connectivity index is 1.78. The molecule has 0 bridgehead atoms. The lowest BCUT2D eigenvalue weighted by Crippen LogP contribution is -2.52. The summed E-state index contributed by atoms with van der Waals surface area (Å²) in [5.41, 5.74) is 1.14. The Labute approximate surface area is 155 Å². The predicted octanol–water partition coefficient (Wildman–Crippen LogP) is 1.18. The standard InChI is InChI=1S/C18H16FN3O4S/c19-14-4-2-1-3-13(14)17-18(24)20-7-8-22(17)27(25,26)12-5-6-15-11(9-12)10-16(23)21-15/h1-6,9,17H,7-8,10H2,(H,20,24)(H,21,23). The quantitative estimate of drug-likeness (QED) is 0.824. The van der Waals surface area contributed by atoms with Gasteiger partial charge < -0.3 is 10.6 Å². The first-order valence-corrected chi connectivity index (χ1v) is 9.79. The van der Waals surface area contributed by atoms with Crippen LogP contribution in [0.4, 0.5) is 10.1 Å². The Bertz CT molecular complexity index is 1050. The Kier molecular flexibility index (Phi) is 4.20. The zero-order chi connectivity index (χ0) is 19.2. The SMILES string of the molecule is O=C1Cc2cc(S(=O)(=O)N3CCNC(=O)C3c3ccccc3F)ccc2N1. The van der Waals surface area contributed by atoms with Gasteiger partial charge in [0.05, 0.1) is 11.3 Å². The van der Waals surface area contributed by atoms with Gasteiger partial charge in [-0.2, -0.15) is 4.31 Å². The van der Waals surface area contributed by atoms with Crippen molar-refractivity contribution in [2.45, 2.75) is 17.4 Å². The van der Waals surface area contributed by atoms with Gasteiger partial charge in [0, 0.05) is 24.3 Å². The third-order valence-corrected chi connectivity index (χ3v) is 6.54. The summed E-state index contributed by atoms with van der Waals surface area (Å²) in [6.45, 7) is 0.148. The summed E-state index contributed by atoms with van der Waals surface area (Å²) >= 11 is 0. The van der Waals surface area contributed by atoms with E-state index in [4.69, 9.17) is 0 Å². The number of fused-ring (bicyclic) bond motifs is 1. The highest BCUT2D eigenvalue weighted by molar-refractivity contribution is 7.89. The fourth-order valence-electron chi connectivity index (χ4n) is 3.40. The number of hydrogen-bond acceptors (Lipinski definition) is 4. The number of sulfonamides is 1. The second kappa shape index (κ2) is 6.43. The van der Waals surface area contributed by atoms with Crippen LogP contribution in [-0.2, 0) is 26.0 Å². The van der Waals surface area contributed by atoms with Gasteiger partial charge in [-0.1, -0.05) is 18.2 Å². The number of anilines is 1. The van der Waals surface area contributed by atoms with Gasteiger partial charge in [0.25, 0.3) is 0 Å². The van der Waals surface area contributed by atoms with Gasteiger partial charge in [0.1, 0.15) is 11.9 Å². The molecule has 2 aliphatic rings. The van der Waals surface area contributed by atoms with Gasteiger partial charge in [-0.3, -0.25) is 9.59 Å². The van der Waals surface area contributed by atoms with Gasteiger partial charge in [-0.15, -0.1) is 0 Å². The van der Waals surface area contributed by atoms with Gasteiger partial charge in [-0.25, -0.2) is 12.8 Å². The summed E-state index contributed by atoms with van der Waals surface area (Å²) < 4.78 is 41.8. The highest BCUT2D eigenvalue weighted by atomic mass is 32.2. The van der Waals surface area contributed by atoms with Crippen molar-refractivity contribution in [2.75, 3.05) is 18.4 Å². The normalized spacial score (nSPS) is 20.1. The molecule has 2 N–H and O–H groups in total. The van der Waals surface area contributed by atoms with Crippen LogP contribution in [0.5, 0.6) is 0 Å². The molecule has 7 nitrogen and oxygen atoms in total. The third kappa shape index (κ3) is 2.98. The summed E-state index contributed by atoms with van der Waals surface area (Å²) in [5.74, 6) is -1.43. The molecule has 1 fully saturated rings. The van der Waals surface area contributed by atoms with Crippen molar-refractivity contribution in [1.29, 1.82) is 0 Å². The van der Waals surface area contributed by atoms with Crippen molar-refractivity contribution in [2.24, 2.45) is 0 Å². The molecular formula is C18H16FN3O4S. The van der Waals surface area contributed by atoms with E-state index in [1.807, 2.05) is 0 Å². The maximum absolute atomic E-state index is 14.3. The van der Waals surface area contributed by atoms with Crippen molar-refractivity contribution in [3.05, 3.63) is 59.4 Å². The Morgan fingerprint density at radius 1 is 1.11 bits per heavy atom.